The molecule has 6 N–H and O–H groups in total. The van der Waals surface area contributed by atoms with Crippen LogP contribution in [0.3, 0.4) is 0 Å². The van der Waals surface area contributed by atoms with E-state index in [2.05, 4.69) is 40.2 Å². The van der Waals surface area contributed by atoms with Crippen molar-refractivity contribution in [2.75, 3.05) is 19.6 Å². The third kappa shape index (κ3) is 8.50. The van der Waals surface area contributed by atoms with E-state index in [0.29, 0.717) is 38.0 Å². The normalized spacial score (nSPS) is 18.1. The second-order valence-electron chi connectivity index (χ2n) is 10.5. The smallest absolute Gasteiger partial charge is 0.244 e. The molecule has 3 aromatic carbocycles. The summed E-state index contributed by atoms with van der Waals surface area (Å²) in [5.74, 6) is -0.987. The maximum atomic E-state index is 14.1. The first-order chi connectivity index (χ1) is 20.3. The van der Waals surface area contributed by atoms with Gasteiger partial charge in [-0.15, -0.1) is 0 Å². The molecule has 3 aromatic rings. The Morgan fingerprint density at radius 1 is 1.10 bits per heavy atom. The van der Waals surface area contributed by atoms with Crippen LogP contribution in [0.5, 0.6) is 0 Å². The van der Waals surface area contributed by atoms with E-state index in [1.807, 2.05) is 48.2 Å². The molecule has 0 saturated carbocycles. The summed E-state index contributed by atoms with van der Waals surface area (Å²) in [6, 6.07) is 25.0. The lowest BCUT2D eigenvalue weighted by molar-refractivity contribution is -0.133. The van der Waals surface area contributed by atoms with Gasteiger partial charge in [-0.1, -0.05) is 79.7 Å². The molecule has 2 amide bonds. The maximum Gasteiger partial charge on any atom is 0.244 e. The molecule has 42 heavy (non-hydrogen) atoms. The Hall–Kier alpha value is -4.50. The Labute approximate surface area is 246 Å². The minimum Gasteiger partial charge on any atom is -0.370 e. The van der Waals surface area contributed by atoms with Crippen molar-refractivity contribution in [3.05, 3.63) is 114 Å². The zero-order valence-corrected chi connectivity index (χ0v) is 23.8. The van der Waals surface area contributed by atoms with E-state index >= 15 is 0 Å². The van der Waals surface area contributed by atoms with Gasteiger partial charge in [0.1, 0.15) is 11.9 Å². The first-order valence-electron chi connectivity index (χ1n) is 14.3. The topological polar surface area (TPSA) is 123 Å². The Morgan fingerprint density at radius 3 is 2.36 bits per heavy atom. The average molecular weight is 571 g/mol. The number of carbonyl (C=O) groups excluding carboxylic acids is 2. The van der Waals surface area contributed by atoms with Crippen LogP contribution < -0.4 is 21.7 Å². The molecule has 3 atom stereocenters. The largest absolute Gasteiger partial charge is 0.370 e. The summed E-state index contributed by atoms with van der Waals surface area (Å²) < 4.78 is 13.5. The summed E-state index contributed by atoms with van der Waals surface area (Å²) in [6.07, 6.45) is 4.11. The second kappa shape index (κ2) is 14.9. The molecule has 8 nitrogen and oxygen atoms in total. The number of benzene rings is 3. The van der Waals surface area contributed by atoms with Gasteiger partial charge >= 0.3 is 0 Å². The zero-order valence-electron chi connectivity index (χ0n) is 23.8. The van der Waals surface area contributed by atoms with Gasteiger partial charge in [-0.05, 0) is 47.7 Å². The number of guanidine groups is 1. The van der Waals surface area contributed by atoms with Crippen molar-refractivity contribution in [2.24, 2.45) is 5.73 Å². The van der Waals surface area contributed by atoms with Crippen molar-refractivity contribution in [2.45, 2.75) is 43.8 Å². The van der Waals surface area contributed by atoms with E-state index in [9.17, 15) is 14.0 Å². The Morgan fingerprint density at radius 2 is 1.76 bits per heavy atom. The number of hydrogen-bond acceptors (Lipinski definition) is 4. The fourth-order valence-corrected chi connectivity index (χ4v) is 5.34. The Balaban J connectivity index is 1.52. The first-order valence-corrected chi connectivity index (χ1v) is 14.3. The highest BCUT2D eigenvalue weighted by molar-refractivity contribution is 5.91. The number of amides is 2. The van der Waals surface area contributed by atoms with Gasteiger partial charge in [-0.3, -0.25) is 20.3 Å². The predicted molar refractivity (Wildman–Crippen MR) is 164 cm³/mol. The molecular formula is C33H39FN6O2. The van der Waals surface area contributed by atoms with Gasteiger partial charge in [0.2, 0.25) is 11.8 Å². The molecule has 9 heteroatoms. The van der Waals surface area contributed by atoms with Crippen LogP contribution in [0.2, 0.25) is 0 Å². The molecule has 1 aliphatic rings. The highest BCUT2D eigenvalue weighted by Gasteiger charge is 2.37. The number of nitrogens with one attached hydrogen (secondary N) is 4. The van der Waals surface area contributed by atoms with Crippen LogP contribution in [0.15, 0.2) is 91.0 Å². The number of carbonyl (C=O) groups is 2. The van der Waals surface area contributed by atoms with Crippen molar-refractivity contribution in [3.63, 3.8) is 0 Å². The number of hydrogen-bond donors (Lipinski definition) is 5. The molecular weight excluding hydrogens is 531 g/mol. The third-order valence-electron chi connectivity index (χ3n) is 7.53. The molecule has 1 heterocycles. The third-order valence-corrected chi connectivity index (χ3v) is 7.53. The minimum atomic E-state index is -0.654. The fourth-order valence-electron chi connectivity index (χ4n) is 5.34. The summed E-state index contributed by atoms with van der Waals surface area (Å²) in [7, 11) is 0. The summed E-state index contributed by atoms with van der Waals surface area (Å²) in [5.41, 5.74) is 8.51. The van der Waals surface area contributed by atoms with E-state index in [-0.39, 0.29) is 35.6 Å². The number of nitrogens with two attached hydrogens (primary N) is 1. The molecule has 220 valence electrons. The molecule has 0 aliphatic carbocycles. The quantitative estimate of drug-likeness (QED) is 0.137. The first kappa shape index (κ1) is 30.5. The summed E-state index contributed by atoms with van der Waals surface area (Å²) in [6.45, 7) is 3.21. The van der Waals surface area contributed by atoms with Crippen molar-refractivity contribution in [1.29, 1.82) is 5.41 Å². The molecule has 0 radical (unpaired) electrons. The fraction of sp³-hybridized carbons (Fsp3) is 0.303. The highest BCUT2D eigenvalue weighted by Crippen LogP contribution is 2.27. The molecule has 1 fully saturated rings. The minimum absolute atomic E-state index is 0.0259. The van der Waals surface area contributed by atoms with Crippen molar-refractivity contribution < 1.29 is 14.0 Å². The molecule has 0 spiro atoms. The van der Waals surface area contributed by atoms with Gasteiger partial charge in [0.05, 0.1) is 6.04 Å². The molecule has 0 aromatic heterocycles. The van der Waals surface area contributed by atoms with E-state index < -0.39 is 12.1 Å². The van der Waals surface area contributed by atoms with Crippen molar-refractivity contribution in [3.8, 4) is 0 Å². The lowest BCUT2D eigenvalue weighted by Gasteiger charge is -2.32. The summed E-state index contributed by atoms with van der Waals surface area (Å²) in [5, 5.41) is 17.1. The molecule has 1 saturated heterocycles. The van der Waals surface area contributed by atoms with Gasteiger partial charge in [0.15, 0.2) is 5.96 Å². The van der Waals surface area contributed by atoms with E-state index in [0.717, 1.165) is 11.1 Å². The van der Waals surface area contributed by atoms with Crippen LogP contribution in [-0.4, -0.2) is 60.4 Å². The van der Waals surface area contributed by atoms with Crippen LogP contribution in [0.1, 0.15) is 42.4 Å². The average Bonchev–Trinajstić information content (AvgIpc) is 3.15. The van der Waals surface area contributed by atoms with Crippen molar-refractivity contribution in [1.82, 2.24) is 20.9 Å². The van der Waals surface area contributed by atoms with Gasteiger partial charge in [0, 0.05) is 37.7 Å². The van der Waals surface area contributed by atoms with E-state index in [1.54, 1.807) is 18.2 Å². The lowest BCUT2D eigenvalue weighted by atomic mass is 9.90. The zero-order chi connectivity index (χ0) is 29.9. The van der Waals surface area contributed by atoms with Crippen LogP contribution in [0.4, 0.5) is 4.39 Å². The van der Waals surface area contributed by atoms with Crippen LogP contribution in [0, 0.1) is 11.2 Å². The SMILES string of the molecule is CCC(NC(=N)N)[C@@H]1N[C@H](CNC(=O)/C=C/c2cccc(F)c2)CCN(CC(c2ccccc2)c2ccccc2)C1=O. The van der Waals surface area contributed by atoms with E-state index in [4.69, 9.17) is 11.1 Å². The molecule has 1 unspecified atom stereocenters. The van der Waals surface area contributed by atoms with Crippen LogP contribution in [0.25, 0.3) is 6.08 Å². The second-order valence-corrected chi connectivity index (χ2v) is 10.5. The summed E-state index contributed by atoms with van der Waals surface area (Å²) in [4.78, 5) is 28.5. The van der Waals surface area contributed by atoms with Gasteiger partial charge in [-0.25, -0.2) is 4.39 Å². The highest BCUT2D eigenvalue weighted by atomic mass is 19.1. The van der Waals surface area contributed by atoms with E-state index in [1.165, 1.54) is 18.2 Å². The maximum absolute atomic E-state index is 14.1. The van der Waals surface area contributed by atoms with Crippen LogP contribution >= 0.6 is 0 Å². The van der Waals surface area contributed by atoms with Gasteiger partial charge < -0.3 is 21.3 Å². The molecule has 0 bridgehead atoms. The number of halogens is 1. The molecule has 4 rings (SSSR count). The standard InChI is InChI=1S/C33H39FN6O2/c1-2-29(39-33(35)36)31-32(42)40(22-28(24-11-5-3-6-12-24)25-13-7-4-8-14-25)19-18-27(38-31)21-37-30(41)17-16-23-10-9-15-26(34)20-23/h3-17,20,27-29,31,38H,2,18-19,21-22H2,1H3,(H,37,41)(H4,35,36,39)/b17-16+/t27-,29?,31-/m0/s1. The van der Waals surface area contributed by atoms with Gasteiger partial charge in [-0.2, -0.15) is 0 Å². The van der Waals surface area contributed by atoms with Gasteiger partial charge in [0.25, 0.3) is 0 Å². The van der Waals surface area contributed by atoms with Crippen LogP contribution in [-0.2, 0) is 9.59 Å². The number of nitrogens with zero attached hydrogens (tertiary/aromatic N) is 1. The monoisotopic (exact) mass is 570 g/mol. The Bertz CT molecular complexity index is 1330. The van der Waals surface area contributed by atoms with Crippen molar-refractivity contribution >= 4 is 23.8 Å². The Kier molecular flexibility index (Phi) is 10.8. The number of rotatable bonds is 11. The molecule has 1 aliphatic heterocycles. The predicted octanol–water partition coefficient (Wildman–Crippen LogP) is 3.61. The summed E-state index contributed by atoms with van der Waals surface area (Å²) >= 11 is 0. The lowest BCUT2D eigenvalue weighted by Crippen LogP contribution is -2.60.